The Balaban J connectivity index is 2.54. The Morgan fingerprint density at radius 1 is 1.53 bits per heavy atom. The monoisotopic (exact) mass is 264 g/mol. The Morgan fingerprint density at radius 2 is 2.32 bits per heavy atom. The third-order valence-electron chi connectivity index (χ3n) is 2.62. The molecule has 0 aromatic heterocycles. The number of nitrogens with one attached hydrogen (secondary N) is 1. The fourth-order valence-electron chi connectivity index (χ4n) is 1.57. The van der Waals surface area contributed by atoms with Gasteiger partial charge in [0.05, 0.1) is 13.7 Å². The first-order chi connectivity index (χ1) is 9.21. The van der Waals surface area contributed by atoms with Crippen LogP contribution in [-0.4, -0.2) is 42.8 Å². The Bertz CT molecular complexity index is 432. The second-order valence-corrected chi connectivity index (χ2v) is 3.86. The van der Waals surface area contributed by atoms with Gasteiger partial charge in [0.1, 0.15) is 5.75 Å². The van der Waals surface area contributed by atoms with E-state index in [1.54, 1.807) is 19.4 Å². The van der Waals surface area contributed by atoms with Crippen molar-refractivity contribution in [3.8, 4) is 5.75 Å². The molecule has 0 atom stereocenters. The van der Waals surface area contributed by atoms with Gasteiger partial charge in [-0.1, -0.05) is 12.1 Å². The van der Waals surface area contributed by atoms with Crippen LogP contribution in [0.25, 0.3) is 6.08 Å². The van der Waals surface area contributed by atoms with Crippen molar-refractivity contribution in [2.24, 2.45) is 0 Å². The molecule has 0 heterocycles. The highest BCUT2D eigenvalue weighted by Gasteiger charge is 2.07. The van der Waals surface area contributed by atoms with Crippen LogP contribution in [0, 0.1) is 0 Å². The third kappa shape index (κ3) is 5.01. The predicted molar refractivity (Wildman–Crippen MR) is 74.9 cm³/mol. The summed E-state index contributed by atoms with van der Waals surface area (Å²) in [6.07, 6.45) is 3.37. The van der Waals surface area contributed by atoms with Crippen molar-refractivity contribution in [2.45, 2.75) is 6.92 Å². The molecule has 0 fully saturated rings. The summed E-state index contributed by atoms with van der Waals surface area (Å²) in [4.78, 5) is 13.2. The van der Waals surface area contributed by atoms with Crippen molar-refractivity contribution in [1.82, 2.24) is 10.2 Å². The first-order valence-corrected chi connectivity index (χ1v) is 6.18. The van der Waals surface area contributed by atoms with Crippen molar-refractivity contribution in [3.05, 3.63) is 36.0 Å². The van der Waals surface area contributed by atoms with Crippen LogP contribution < -0.4 is 10.1 Å². The van der Waals surface area contributed by atoms with Crippen molar-refractivity contribution in [2.75, 3.05) is 26.8 Å². The lowest BCUT2D eigenvalue weighted by Gasteiger charge is -2.18. The average Bonchev–Trinajstić information content (AvgIpc) is 2.44. The van der Waals surface area contributed by atoms with Gasteiger partial charge in [-0.3, -0.25) is 0 Å². The minimum Gasteiger partial charge on any atom is -0.497 e. The zero-order valence-electron chi connectivity index (χ0n) is 11.3. The number of hydrogen-bond acceptors (Lipinski definition) is 3. The molecule has 0 aliphatic rings. The quantitative estimate of drug-likeness (QED) is 0.822. The largest absolute Gasteiger partial charge is 0.497 e. The Hall–Kier alpha value is -2.01. The molecule has 2 N–H and O–H groups in total. The highest BCUT2D eigenvalue weighted by molar-refractivity contribution is 5.76. The number of aliphatic hydroxyl groups excluding tert-OH is 1. The second kappa shape index (κ2) is 8.16. The SMILES string of the molecule is CCN(CCO)C(=O)N/C=C/c1cccc(OC)c1. The first kappa shape index (κ1) is 15.0. The summed E-state index contributed by atoms with van der Waals surface area (Å²) in [7, 11) is 1.61. The van der Waals surface area contributed by atoms with Gasteiger partial charge in [-0.2, -0.15) is 0 Å². The number of carbonyl (C=O) groups excluding carboxylic acids is 1. The molecule has 0 bridgehead atoms. The van der Waals surface area contributed by atoms with Crippen LogP contribution in [-0.2, 0) is 0 Å². The number of methoxy groups -OCH3 is 1. The standard InChI is InChI=1S/C14H20N2O3/c1-3-16(9-10-17)14(18)15-8-7-12-5-4-6-13(11-12)19-2/h4-8,11,17H,3,9-10H2,1-2H3,(H,15,18)/b8-7+. The summed E-state index contributed by atoms with van der Waals surface area (Å²) in [5.74, 6) is 0.768. The summed E-state index contributed by atoms with van der Waals surface area (Å²) in [5.41, 5.74) is 0.935. The number of urea groups is 1. The molecule has 0 radical (unpaired) electrons. The van der Waals surface area contributed by atoms with E-state index in [0.29, 0.717) is 13.1 Å². The van der Waals surface area contributed by atoms with Crippen molar-refractivity contribution < 1.29 is 14.6 Å². The fraction of sp³-hybridized carbons (Fsp3) is 0.357. The smallest absolute Gasteiger partial charge is 0.321 e. The molecule has 0 unspecified atom stereocenters. The van der Waals surface area contributed by atoms with E-state index >= 15 is 0 Å². The molecule has 5 heteroatoms. The van der Waals surface area contributed by atoms with Crippen LogP contribution in [0.2, 0.25) is 0 Å². The molecule has 5 nitrogen and oxygen atoms in total. The van der Waals surface area contributed by atoms with Crippen LogP contribution in [0.15, 0.2) is 30.5 Å². The van der Waals surface area contributed by atoms with Gasteiger partial charge in [0.15, 0.2) is 0 Å². The van der Waals surface area contributed by atoms with Gasteiger partial charge in [0.2, 0.25) is 0 Å². The van der Waals surface area contributed by atoms with Gasteiger partial charge in [0, 0.05) is 19.3 Å². The third-order valence-corrected chi connectivity index (χ3v) is 2.62. The second-order valence-electron chi connectivity index (χ2n) is 3.86. The van der Waals surface area contributed by atoms with Crippen LogP contribution in [0.4, 0.5) is 4.79 Å². The van der Waals surface area contributed by atoms with Crippen LogP contribution in [0.1, 0.15) is 12.5 Å². The van der Waals surface area contributed by atoms with Crippen molar-refractivity contribution in [1.29, 1.82) is 0 Å². The number of amides is 2. The summed E-state index contributed by atoms with van der Waals surface area (Å²) in [6.45, 7) is 2.70. The minimum absolute atomic E-state index is 0.0408. The average molecular weight is 264 g/mol. The molecule has 0 aliphatic heterocycles. The van der Waals surface area contributed by atoms with Crippen LogP contribution >= 0.6 is 0 Å². The molecule has 2 amide bonds. The van der Waals surface area contributed by atoms with E-state index in [1.807, 2.05) is 31.2 Å². The molecule has 19 heavy (non-hydrogen) atoms. The molecule has 0 saturated carbocycles. The first-order valence-electron chi connectivity index (χ1n) is 6.18. The summed E-state index contributed by atoms with van der Waals surface area (Å²) in [6, 6.07) is 7.29. The van der Waals surface area contributed by atoms with Crippen molar-refractivity contribution in [3.63, 3.8) is 0 Å². The molecular weight excluding hydrogens is 244 g/mol. The van der Waals surface area contributed by atoms with E-state index in [9.17, 15) is 4.79 Å². The van der Waals surface area contributed by atoms with Gasteiger partial charge in [-0.05, 0) is 30.7 Å². The number of rotatable bonds is 6. The van der Waals surface area contributed by atoms with Crippen molar-refractivity contribution >= 4 is 12.1 Å². The summed E-state index contributed by atoms with van der Waals surface area (Å²) < 4.78 is 5.11. The Labute approximate surface area is 113 Å². The fourth-order valence-corrected chi connectivity index (χ4v) is 1.57. The Morgan fingerprint density at radius 3 is 2.95 bits per heavy atom. The molecule has 104 valence electrons. The molecular formula is C14H20N2O3. The number of ether oxygens (including phenoxy) is 1. The van der Waals surface area contributed by atoms with Gasteiger partial charge in [0.25, 0.3) is 0 Å². The number of likely N-dealkylation sites (N-methyl/N-ethyl adjacent to an activating group) is 1. The minimum atomic E-state index is -0.226. The lowest BCUT2D eigenvalue weighted by Crippen LogP contribution is -2.39. The van der Waals surface area contributed by atoms with E-state index in [1.165, 1.54) is 4.90 Å². The molecule has 1 aromatic rings. The van der Waals surface area contributed by atoms with Crippen LogP contribution in [0.5, 0.6) is 5.75 Å². The zero-order valence-corrected chi connectivity index (χ0v) is 11.3. The topological polar surface area (TPSA) is 61.8 Å². The number of nitrogens with zero attached hydrogens (tertiary/aromatic N) is 1. The van der Waals surface area contributed by atoms with Crippen LogP contribution in [0.3, 0.4) is 0 Å². The van der Waals surface area contributed by atoms with E-state index in [0.717, 1.165) is 11.3 Å². The highest BCUT2D eigenvalue weighted by Crippen LogP contribution is 2.13. The number of hydrogen-bond donors (Lipinski definition) is 2. The van der Waals surface area contributed by atoms with Gasteiger partial charge in [-0.25, -0.2) is 4.79 Å². The molecule has 0 aliphatic carbocycles. The summed E-state index contributed by atoms with van der Waals surface area (Å²) in [5, 5.41) is 11.5. The van der Waals surface area contributed by atoms with E-state index in [-0.39, 0.29) is 12.6 Å². The predicted octanol–water partition coefficient (Wildman–Crippen LogP) is 1.69. The van der Waals surface area contributed by atoms with E-state index < -0.39 is 0 Å². The molecule has 0 spiro atoms. The molecule has 1 aromatic carbocycles. The van der Waals surface area contributed by atoms with Gasteiger partial charge in [-0.15, -0.1) is 0 Å². The lowest BCUT2D eigenvalue weighted by molar-refractivity contribution is 0.183. The number of carbonyl (C=O) groups is 1. The molecule has 0 saturated heterocycles. The maximum Gasteiger partial charge on any atom is 0.321 e. The summed E-state index contributed by atoms with van der Waals surface area (Å²) >= 11 is 0. The van der Waals surface area contributed by atoms with E-state index in [2.05, 4.69) is 5.32 Å². The van der Waals surface area contributed by atoms with Gasteiger partial charge < -0.3 is 20.1 Å². The molecule has 1 rings (SSSR count). The Kier molecular flexibility index (Phi) is 6.46. The van der Waals surface area contributed by atoms with E-state index in [4.69, 9.17) is 9.84 Å². The maximum absolute atomic E-state index is 11.7. The highest BCUT2D eigenvalue weighted by atomic mass is 16.5. The maximum atomic E-state index is 11.7. The normalized spacial score (nSPS) is 10.5. The number of benzene rings is 1. The zero-order chi connectivity index (χ0) is 14.1. The van der Waals surface area contributed by atoms with Gasteiger partial charge >= 0.3 is 6.03 Å². The lowest BCUT2D eigenvalue weighted by atomic mass is 10.2. The number of aliphatic hydroxyl groups is 1.